The fourth-order valence-electron chi connectivity index (χ4n) is 2.37. The third-order valence-corrected chi connectivity index (χ3v) is 3.40. The molecule has 1 aromatic carbocycles. The Morgan fingerprint density at radius 3 is 2.63 bits per heavy atom. The number of hydrogen-bond acceptors (Lipinski definition) is 3. The average Bonchev–Trinajstić information content (AvgIpc) is 2.99. The fraction of sp³-hybridized carbons (Fsp3) is 0.400. The van der Waals surface area contributed by atoms with Crippen LogP contribution in [-0.2, 0) is 4.79 Å². The highest BCUT2D eigenvalue weighted by Gasteiger charge is 2.15. The van der Waals surface area contributed by atoms with Crippen molar-refractivity contribution in [1.29, 1.82) is 0 Å². The normalized spacial score (nSPS) is 18.0. The topological polar surface area (TPSA) is 38.8 Å². The van der Waals surface area contributed by atoms with Crippen molar-refractivity contribution in [2.24, 2.45) is 0 Å². The molecule has 1 fully saturated rings. The van der Waals surface area contributed by atoms with Crippen molar-refractivity contribution in [1.82, 2.24) is 4.90 Å². The maximum absolute atomic E-state index is 11.9. The van der Waals surface area contributed by atoms with Crippen molar-refractivity contribution in [3.8, 4) is 11.5 Å². The van der Waals surface area contributed by atoms with E-state index >= 15 is 0 Å². The predicted octanol–water partition coefficient (Wildman–Crippen LogP) is 2.09. The Morgan fingerprint density at radius 1 is 1.11 bits per heavy atom. The molecule has 1 aromatic rings. The number of benzene rings is 1. The molecule has 0 unspecified atom stereocenters. The van der Waals surface area contributed by atoms with Gasteiger partial charge in [0.25, 0.3) is 0 Å². The molecule has 19 heavy (non-hydrogen) atoms. The van der Waals surface area contributed by atoms with E-state index in [-0.39, 0.29) is 5.91 Å². The molecule has 4 nitrogen and oxygen atoms in total. The Bertz CT molecular complexity index is 504. The number of fused-ring (bicyclic) bond motifs is 1. The number of ether oxygens (including phenoxy) is 2. The lowest BCUT2D eigenvalue weighted by molar-refractivity contribution is -0.124. The molecular formula is C15H17NO3. The first-order valence-corrected chi connectivity index (χ1v) is 6.69. The Labute approximate surface area is 112 Å². The SMILES string of the molecule is O=C(/C=C/c1ccc2c(c1)OCCO2)N1CCCC1. The van der Waals surface area contributed by atoms with Crippen molar-refractivity contribution in [3.05, 3.63) is 29.8 Å². The summed E-state index contributed by atoms with van der Waals surface area (Å²) in [5, 5.41) is 0. The highest BCUT2D eigenvalue weighted by atomic mass is 16.6. The molecule has 0 saturated carbocycles. The highest BCUT2D eigenvalue weighted by molar-refractivity contribution is 5.92. The molecule has 100 valence electrons. The van der Waals surface area contributed by atoms with Gasteiger partial charge < -0.3 is 14.4 Å². The van der Waals surface area contributed by atoms with Crippen molar-refractivity contribution in [2.75, 3.05) is 26.3 Å². The molecule has 2 heterocycles. The molecule has 0 aromatic heterocycles. The summed E-state index contributed by atoms with van der Waals surface area (Å²) in [4.78, 5) is 13.8. The van der Waals surface area contributed by atoms with E-state index in [4.69, 9.17) is 9.47 Å². The molecule has 0 bridgehead atoms. The van der Waals surface area contributed by atoms with Crippen LogP contribution in [0.15, 0.2) is 24.3 Å². The summed E-state index contributed by atoms with van der Waals surface area (Å²) in [5.41, 5.74) is 0.955. The van der Waals surface area contributed by atoms with E-state index in [1.165, 1.54) is 0 Å². The summed E-state index contributed by atoms with van der Waals surface area (Å²) in [5.74, 6) is 1.61. The predicted molar refractivity (Wildman–Crippen MR) is 72.3 cm³/mol. The minimum absolute atomic E-state index is 0.0902. The van der Waals surface area contributed by atoms with E-state index in [1.807, 2.05) is 29.2 Å². The van der Waals surface area contributed by atoms with Gasteiger partial charge in [0, 0.05) is 19.2 Å². The zero-order valence-electron chi connectivity index (χ0n) is 10.8. The van der Waals surface area contributed by atoms with Crippen LogP contribution in [0.1, 0.15) is 18.4 Å². The third kappa shape index (κ3) is 2.72. The molecule has 1 amide bonds. The van der Waals surface area contributed by atoms with Gasteiger partial charge in [-0.1, -0.05) is 6.07 Å². The van der Waals surface area contributed by atoms with Crippen LogP contribution >= 0.6 is 0 Å². The second-order valence-corrected chi connectivity index (χ2v) is 4.77. The van der Waals surface area contributed by atoms with E-state index in [1.54, 1.807) is 6.08 Å². The van der Waals surface area contributed by atoms with Crippen LogP contribution in [0.5, 0.6) is 11.5 Å². The van der Waals surface area contributed by atoms with Gasteiger partial charge in [-0.2, -0.15) is 0 Å². The Morgan fingerprint density at radius 2 is 1.84 bits per heavy atom. The highest BCUT2D eigenvalue weighted by Crippen LogP contribution is 2.31. The molecule has 0 spiro atoms. The number of hydrogen-bond donors (Lipinski definition) is 0. The number of rotatable bonds is 2. The van der Waals surface area contributed by atoms with Crippen molar-refractivity contribution < 1.29 is 14.3 Å². The molecule has 0 N–H and O–H groups in total. The van der Waals surface area contributed by atoms with Crippen molar-refractivity contribution in [2.45, 2.75) is 12.8 Å². The van der Waals surface area contributed by atoms with E-state index < -0.39 is 0 Å². The molecule has 0 atom stereocenters. The molecule has 2 aliphatic rings. The van der Waals surface area contributed by atoms with Gasteiger partial charge in [-0.3, -0.25) is 4.79 Å². The summed E-state index contributed by atoms with van der Waals surface area (Å²) in [6, 6.07) is 5.72. The second kappa shape index (κ2) is 5.34. The maximum atomic E-state index is 11.9. The lowest BCUT2D eigenvalue weighted by Gasteiger charge is -2.18. The quantitative estimate of drug-likeness (QED) is 0.763. The van der Waals surface area contributed by atoms with Crippen molar-refractivity contribution in [3.63, 3.8) is 0 Å². The van der Waals surface area contributed by atoms with Gasteiger partial charge in [0.05, 0.1) is 0 Å². The van der Waals surface area contributed by atoms with Crippen LogP contribution in [0.3, 0.4) is 0 Å². The first-order chi connectivity index (χ1) is 9.33. The average molecular weight is 259 g/mol. The Hall–Kier alpha value is -1.97. The summed E-state index contributed by atoms with van der Waals surface area (Å²) in [6.07, 6.45) is 5.70. The van der Waals surface area contributed by atoms with Gasteiger partial charge in [-0.15, -0.1) is 0 Å². The van der Waals surface area contributed by atoms with E-state index in [2.05, 4.69) is 0 Å². The largest absolute Gasteiger partial charge is 0.486 e. The molecule has 0 radical (unpaired) electrons. The first-order valence-electron chi connectivity index (χ1n) is 6.69. The molecule has 2 aliphatic heterocycles. The van der Waals surface area contributed by atoms with Crippen LogP contribution in [0, 0.1) is 0 Å². The summed E-state index contributed by atoms with van der Waals surface area (Å²) in [6.45, 7) is 2.93. The maximum Gasteiger partial charge on any atom is 0.246 e. The molecular weight excluding hydrogens is 242 g/mol. The Balaban J connectivity index is 1.70. The zero-order valence-corrected chi connectivity index (χ0v) is 10.8. The van der Waals surface area contributed by atoms with Crippen LogP contribution in [0.2, 0.25) is 0 Å². The van der Waals surface area contributed by atoms with E-state index in [0.717, 1.165) is 43.0 Å². The zero-order chi connectivity index (χ0) is 13.1. The fourth-order valence-corrected chi connectivity index (χ4v) is 2.37. The van der Waals surface area contributed by atoms with Gasteiger partial charge in [0.15, 0.2) is 11.5 Å². The van der Waals surface area contributed by atoms with Crippen LogP contribution in [0.25, 0.3) is 6.08 Å². The molecule has 4 heteroatoms. The third-order valence-electron chi connectivity index (χ3n) is 3.40. The number of amides is 1. The smallest absolute Gasteiger partial charge is 0.246 e. The number of likely N-dealkylation sites (tertiary alicyclic amines) is 1. The van der Waals surface area contributed by atoms with E-state index in [9.17, 15) is 4.79 Å². The van der Waals surface area contributed by atoms with Gasteiger partial charge in [0.2, 0.25) is 5.91 Å². The van der Waals surface area contributed by atoms with Crippen LogP contribution < -0.4 is 9.47 Å². The van der Waals surface area contributed by atoms with Gasteiger partial charge in [-0.05, 0) is 36.6 Å². The van der Waals surface area contributed by atoms with E-state index in [0.29, 0.717) is 13.2 Å². The monoisotopic (exact) mass is 259 g/mol. The summed E-state index contributed by atoms with van der Waals surface area (Å²) < 4.78 is 11.0. The second-order valence-electron chi connectivity index (χ2n) is 4.77. The standard InChI is InChI=1S/C15H17NO3/c17-15(16-7-1-2-8-16)6-4-12-3-5-13-14(11-12)19-10-9-18-13/h3-6,11H,1-2,7-10H2/b6-4+. The lowest BCUT2D eigenvalue weighted by Crippen LogP contribution is -2.25. The first kappa shape index (κ1) is 12.1. The summed E-state index contributed by atoms with van der Waals surface area (Å²) >= 11 is 0. The number of carbonyl (C=O) groups excluding carboxylic acids is 1. The van der Waals surface area contributed by atoms with Gasteiger partial charge >= 0.3 is 0 Å². The van der Waals surface area contributed by atoms with Gasteiger partial charge in [0.1, 0.15) is 13.2 Å². The lowest BCUT2D eigenvalue weighted by atomic mass is 10.2. The van der Waals surface area contributed by atoms with Crippen LogP contribution in [-0.4, -0.2) is 37.1 Å². The number of carbonyl (C=O) groups is 1. The summed E-state index contributed by atoms with van der Waals surface area (Å²) in [7, 11) is 0. The Kier molecular flexibility index (Phi) is 3.40. The van der Waals surface area contributed by atoms with Gasteiger partial charge in [-0.25, -0.2) is 0 Å². The van der Waals surface area contributed by atoms with Crippen LogP contribution in [0.4, 0.5) is 0 Å². The number of nitrogens with zero attached hydrogens (tertiary/aromatic N) is 1. The molecule has 3 rings (SSSR count). The molecule has 1 saturated heterocycles. The van der Waals surface area contributed by atoms with Crippen molar-refractivity contribution >= 4 is 12.0 Å². The molecule has 0 aliphatic carbocycles. The minimum Gasteiger partial charge on any atom is -0.486 e. The minimum atomic E-state index is 0.0902.